The summed E-state index contributed by atoms with van der Waals surface area (Å²) in [5.41, 5.74) is 3.66. The number of anilines is 2. The summed E-state index contributed by atoms with van der Waals surface area (Å²) in [6.07, 6.45) is 5.45. The smallest absolute Gasteiger partial charge is 0.257 e. The number of aryl methyl sites for hydroxylation is 2. The minimum absolute atomic E-state index is 0.147. The Hall–Kier alpha value is -3.21. The Labute approximate surface area is 181 Å². The Morgan fingerprint density at radius 3 is 2.19 bits per heavy atom. The second-order valence-corrected chi connectivity index (χ2v) is 9.44. The first-order valence-electron chi connectivity index (χ1n) is 11.0. The van der Waals surface area contributed by atoms with E-state index in [2.05, 4.69) is 17.5 Å². The number of carbonyl (C=O) groups excluding carboxylic acids is 3. The lowest BCUT2D eigenvalue weighted by molar-refractivity contribution is -0.124. The average Bonchev–Trinajstić information content (AvgIpc) is 3.54. The van der Waals surface area contributed by atoms with Crippen LogP contribution in [-0.4, -0.2) is 17.7 Å². The van der Waals surface area contributed by atoms with Crippen molar-refractivity contribution in [2.75, 3.05) is 10.2 Å². The summed E-state index contributed by atoms with van der Waals surface area (Å²) in [6, 6.07) is 12.7. The molecule has 5 heteroatoms. The molecule has 2 aromatic rings. The number of carbonyl (C=O) groups is 3. The van der Waals surface area contributed by atoms with Crippen molar-refractivity contribution in [3.8, 4) is 0 Å². The van der Waals surface area contributed by atoms with Gasteiger partial charge in [0, 0.05) is 5.69 Å². The van der Waals surface area contributed by atoms with Crippen LogP contribution in [0.25, 0.3) is 0 Å². The van der Waals surface area contributed by atoms with Crippen molar-refractivity contribution in [2.45, 2.75) is 20.3 Å². The summed E-state index contributed by atoms with van der Waals surface area (Å²) >= 11 is 0. The predicted octanol–water partition coefficient (Wildman–Crippen LogP) is 4.11. The number of nitrogens with zero attached hydrogens (tertiary/aromatic N) is 1. The van der Waals surface area contributed by atoms with Gasteiger partial charge in [-0.25, -0.2) is 4.90 Å². The molecule has 0 unspecified atom stereocenters. The van der Waals surface area contributed by atoms with Crippen LogP contribution in [0.1, 0.15) is 27.9 Å². The van der Waals surface area contributed by atoms with Gasteiger partial charge >= 0.3 is 0 Å². The largest absolute Gasteiger partial charge is 0.322 e. The number of imide groups is 1. The number of amides is 3. The Bertz CT molecular complexity index is 1150. The van der Waals surface area contributed by atoms with Gasteiger partial charge < -0.3 is 5.32 Å². The Balaban J connectivity index is 1.34. The molecule has 2 bridgehead atoms. The highest BCUT2D eigenvalue weighted by molar-refractivity contribution is 6.25. The summed E-state index contributed by atoms with van der Waals surface area (Å²) < 4.78 is 0. The summed E-state index contributed by atoms with van der Waals surface area (Å²) in [7, 11) is 0. The minimum atomic E-state index is -0.321. The highest BCUT2D eigenvalue weighted by Crippen LogP contribution is 2.65. The molecular formula is C26H24N2O3. The lowest BCUT2D eigenvalue weighted by atomic mass is 9.63. The maximum Gasteiger partial charge on any atom is 0.257 e. The van der Waals surface area contributed by atoms with Crippen LogP contribution in [0.2, 0.25) is 0 Å². The number of allylic oxidation sites excluding steroid dienone is 2. The molecule has 0 radical (unpaired) electrons. The maximum atomic E-state index is 13.5. The Morgan fingerprint density at radius 1 is 0.903 bits per heavy atom. The standard InChI is InChI=1S/C26H24N2O3/c1-13-7-8-15(11-14(13)2)27-24(29)18-5-3-4-6-21(18)28-25(30)22-16-9-10-17(20-12-19(16)20)23(22)26(28)31/h3-11,16-17,19-20,22-23H,12H2,1-2H3,(H,27,29)/t16-,17-,19-,20+,22+,23+/m0/s1. The van der Waals surface area contributed by atoms with E-state index >= 15 is 0 Å². The first kappa shape index (κ1) is 18.6. The van der Waals surface area contributed by atoms with Crippen LogP contribution in [0.15, 0.2) is 54.6 Å². The van der Waals surface area contributed by atoms with Crippen molar-refractivity contribution < 1.29 is 14.4 Å². The SMILES string of the molecule is Cc1ccc(NC(=O)c2ccccc2N2C(=O)[C@@H]3[C@H]4C=C[C@@H]([C@@H]5C[C@H]45)[C@H]3C2=O)cc1C. The second-order valence-electron chi connectivity index (χ2n) is 9.44. The van der Waals surface area contributed by atoms with Gasteiger partial charge in [0.25, 0.3) is 5.91 Å². The second kappa shape index (κ2) is 6.39. The lowest BCUT2D eigenvalue weighted by Crippen LogP contribution is -2.40. The molecule has 7 rings (SSSR count). The topological polar surface area (TPSA) is 66.5 Å². The Morgan fingerprint density at radius 2 is 1.55 bits per heavy atom. The van der Waals surface area contributed by atoms with E-state index in [0.29, 0.717) is 28.8 Å². The van der Waals surface area contributed by atoms with Gasteiger partial charge in [-0.2, -0.15) is 0 Å². The fraction of sp³-hybridized carbons (Fsp3) is 0.346. The molecule has 0 spiro atoms. The summed E-state index contributed by atoms with van der Waals surface area (Å²) in [6.45, 7) is 4.02. The van der Waals surface area contributed by atoms with Crippen LogP contribution >= 0.6 is 0 Å². The molecule has 5 nitrogen and oxygen atoms in total. The van der Waals surface area contributed by atoms with Crippen LogP contribution in [0, 0.1) is 49.4 Å². The van der Waals surface area contributed by atoms with E-state index < -0.39 is 0 Å². The van der Waals surface area contributed by atoms with Crippen molar-refractivity contribution in [1.29, 1.82) is 0 Å². The predicted molar refractivity (Wildman–Crippen MR) is 118 cm³/mol. The molecule has 5 aliphatic rings. The molecule has 3 amide bonds. The van der Waals surface area contributed by atoms with Gasteiger partial charge in [-0.1, -0.05) is 30.4 Å². The van der Waals surface area contributed by atoms with E-state index in [-0.39, 0.29) is 41.4 Å². The first-order chi connectivity index (χ1) is 15.0. The number of para-hydroxylation sites is 1. The van der Waals surface area contributed by atoms with Gasteiger partial charge in [0.2, 0.25) is 11.8 Å². The summed E-state index contributed by atoms with van der Waals surface area (Å²) in [5.74, 6) is 0.267. The third-order valence-electron chi connectivity index (χ3n) is 7.82. The van der Waals surface area contributed by atoms with Crippen LogP contribution in [0.5, 0.6) is 0 Å². The number of benzene rings is 2. The third kappa shape index (κ3) is 2.59. The molecule has 156 valence electrons. The van der Waals surface area contributed by atoms with Gasteiger partial charge in [-0.15, -0.1) is 0 Å². The first-order valence-corrected chi connectivity index (χ1v) is 11.0. The van der Waals surface area contributed by atoms with Crippen molar-refractivity contribution in [2.24, 2.45) is 35.5 Å². The number of hydrogen-bond acceptors (Lipinski definition) is 3. The van der Waals surface area contributed by atoms with Crippen LogP contribution < -0.4 is 10.2 Å². The van der Waals surface area contributed by atoms with E-state index in [1.54, 1.807) is 24.3 Å². The van der Waals surface area contributed by atoms with Gasteiger partial charge in [-0.3, -0.25) is 14.4 Å². The zero-order valence-corrected chi connectivity index (χ0v) is 17.5. The van der Waals surface area contributed by atoms with E-state index in [9.17, 15) is 14.4 Å². The van der Waals surface area contributed by atoms with Crippen molar-refractivity contribution >= 4 is 29.1 Å². The molecule has 1 heterocycles. The highest BCUT2D eigenvalue weighted by atomic mass is 16.2. The van der Waals surface area contributed by atoms with Crippen molar-refractivity contribution in [1.82, 2.24) is 0 Å². The van der Waals surface area contributed by atoms with Crippen LogP contribution in [0.3, 0.4) is 0 Å². The van der Waals surface area contributed by atoms with Gasteiger partial charge in [0.1, 0.15) is 0 Å². The molecule has 1 N–H and O–H groups in total. The summed E-state index contributed by atoms with van der Waals surface area (Å²) in [5, 5.41) is 2.93. The van der Waals surface area contributed by atoms with Gasteiger partial charge in [0.15, 0.2) is 0 Å². The van der Waals surface area contributed by atoms with Gasteiger partial charge in [-0.05, 0) is 79.3 Å². The molecule has 31 heavy (non-hydrogen) atoms. The van der Waals surface area contributed by atoms with Crippen LogP contribution in [-0.2, 0) is 9.59 Å². The molecule has 1 saturated heterocycles. The number of rotatable bonds is 3. The fourth-order valence-corrected chi connectivity index (χ4v) is 6.07. The van der Waals surface area contributed by atoms with Crippen LogP contribution in [0.4, 0.5) is 11.4 Å². The maximum absolute atomic E-state index is 13.5. The normalized spacial score (nSPS) is 32.1. The molecule has 2 saturated carbocycles. The monoisotopic (exact) mass is 412 g/mol. The van der Waals surface area contributed by atoms with E-state index in [0.717, 1.165) is 17.5 Å². The molecule has 6 atom stereocenters. The van der Waals surface area contributed by atoms with E-state index in [4.69, 9.17) is 0 Å². The third-order valence-corrected chi connectivity index (χ3v) is 7.82. The van der Waals surface area contributed by atoms with Crippen molar-refractivity contribution in [3.05, 3.63) is 71.3 Å². The number of nitrogens with one attached hydrogen (secondary N) is 1. The van der Waals surface area contributed by atoms with E-state index in [1.165, 1.54) is 4.90 Å². The molecule has 0 aromatic heterocycles. The zero-order valence-electron chi connectivity index (χ0n) is 17.5. The minimum Gasteiger partial charge on any atom is -0.322 e. The quantitative estimate of drug-likeness (QED) is 0.609. The molecule has 3 fully saturated rings. The molecule has 2 aromatic carbocycles. The number of hydrogen-bond donors (Lipinski definition) is 1. The average molecular weight is 412 g/mol. The summed E-state index contributed by atoms with van der Waals surface area (Å²) in [4.78, 5) is 41.4. The fourth-order valence-electron chi connectivity index (χ4n) is 6.07. The van der Waals surface area contributed by atoms with Gasteiger partial charge in [0.05, 0.1) is 23.1 Å². The highest BCUT2D eigenvalue weighted by Gasteiger charge is 2.67. The molecule has 1 aliphatic heterocycles. The molecule has 4 aliphatic carbocycles. The molecular weight excluding hydrogens is 388 g/mol. The van der Waals surface area contributed by atoms with Crippen molar-refractivity contribution in [3.63, 3.8) is 0 Å². The lowest BCUT2D eigenvalue weighted by Gasteiger charge is -2.37. The van der Waals surface area contributed by atoms with E-state index in [1.807, 2.05) is 32.0 Å². The zero-order chi connectivity index (χ0) is 21.4. The Kier molecular flexibility index (Phi) is 3.83.